The first-order valence-corrected chi connectivity index (χ1v) is 6.61. The molecule has 0 spiro atoms. The molecule has 5 nitrogen and oxygen atoms in total. The van der Waals surface area contributed by atoms with E-state index in [9.17, 15) is 9.59 Å². The number of rotatable bonds is 5. The molecular formula is C13H24N2O3. The third-order valence-electron chi connectivity index (χ3n) is 4.00. The zero-order chi connectivity index (χ0) is 13.8. The lowest BCUT2D eigenvalue weighted by Crippen LogP contribution is -2.54. The molecule has 0 aromatic heterocycles. The second kappa shape index (κ2) is 5.59. The summed E-state index contributed by atoms with van der Waals surface area (Å²) in [6, 6.07) is -0.401. The molecule has 1 aliphatic carbocycles. The van der Waals surface area contributed by atoms with E-state index in [4.69, 9.17) is 5.11 Å². The molecule has 0 unspecified atom stereocenters. The maximum absolute atomic E-state index is 11.7. The first kappa shape index (κ1) is 14.8. The third-order valence-corrected chi connectivity index (χ3v) is 4.00. The van der Waals surface area contributed by atoms with Gasteiger partial charge in [0, 0.05) is 6.54 Å². The molecule has 3 N–H and O–H groups in total. The molecule has 2 amide bonds. The van der Waals surface area contributed by atoms with E-state index in [1.807, 2.05) is 0 Å². The molecule has 18 heavy (non-hydrogen) atoms. The SMILES string of the molecule is CCC1(CNC(=O)NC(C)(C)C(=O)O)CCCC1. The Morgan fingerprint density at radius 2 is 1.83 bits per heavy atom. The summed E-state index contributed by atoms with van der Waals surface area (Å²) >= 11 is 0. The minimum Gasteiger partial charge on any atom is -0.480 e. The first-order chi connectivity index (χ1) is 8.31. The molecule has 0 atom stereocenters. The van der Waals surface area contributed by atoms with E-state index in [1.54, 1.807) is 0 Å². The third kappa shape index (κ3) is 3.62. The van der Waals surface area contributed by atoms with Crippen LogP contribution in [0.1, 0.15) is 52.9 Å². The van der Waals surface area contributed by atoms with Crippen LogP contribution in [0.2, 0.25) is 0 Å². The Hall–Kier alpha value is -1.26. The Morgan fingerprint density at radius 1 is 1.28 bits per heavy atom. The minimum absolute atomic E-state index is 0.213. The summed E-state index contributed by atoms with van der Waals surface area (Å²) in [7, 11) is 0. The van der Waals surface area contributed by atoms with Crippen molar-refractivity contribution in [3.63, 3.8) is 0 Å². The number of carbonyl (C=O) groups is 2. The number of nitrogens with one attached hydrogen (secondary N) is 2. The molecule has 104 valence electrons. The molecule has 0 aliphatic heterocycles. The van der Waals surface area contributed by atoms with Gasteiger partial charge in [0.25, 0.3) is 0 Å². The molecule has 0 heterocycles. The normalized spacial score (nSPS) is 18.4. The Bertz CT molecular complexity index is 320. The van der Waals surface area contributed by atoms with Gasteiger partial charge in [-0.05, 0) is 38.5 Å². The maximum atomic E-state index is 11.7. The van der Waals surface area contributed by atoms with E-state index in [0.717, 1.165) is 19.3 Å². The fourth-order valence-electron chi connectivity index (χ4n) is 2.43. The fraction of sp³-hybridized carbons (Fsp3) is 0.846. The monoisotopic (exact) mass is 256 g/mol. The van der Waals surface area contributed by atoms with Crippen LogP contribution in [0.5, 0.6) is 0 Å². The summed E-state index contributed by atoms with van der Waals surface area (Å²) in [4.78, 5) is 22.6. The van der Waals surface area contributed by atoms with Crippen molar-refractivity contribution in [2.24, 2.45) is 5.41 Å². The van der Waals surface area contributed by atoms with Crippen LogP contribution in [0.3, 0.4) is 0 Å². The van der Waals surface area contributed by atoms with E-state index in [-0.39, 0.29) is 5.41 Å². The molecule has 1 rings (SSSR count). The van der Waals surface area contributed by atoms with Gasteiger partial charge >= 0.3 is 12.0 Å². The van der Waals surface area contributed by atoms with Crippen molar-refractivity contribution < 1.29 is 14.7 Å². The Labute approximate surface area is 108 Å². The number of amides is 2. The van der Waals surface area contributed by atoms with Crippen molar-refractivity contribution in [1.29, 1.82) is 0 Å². The molecule has 5 heteroatoms. The number of urea groups is 1. The van der Waals surface area contributed by atoms with E-state index in [1.165, 1.54) is 26.7 Å². The van der Waals surface area contributed by atoms with Gasteiger partial charge in [0.15, 0.2) is 0 Å². The lowest BCUT2D eigenvalue weighted by molar-refractivity contribution is -0.142. The van der Waals surface area contributed by atoms with E-state index in [2.05, 4.69) is 17.6 Å². The molecule has 0 aromatic carbocycles. The molecule has 0 radical (unpaired) electrons. The number of hydrogen-bond donors (Lipinski definition) is 3. The number of carboxylic acid groups (broad SMARTS) is 1. The van der Waals surface area contributed by atoms with E-state index < -0.39 is 17.5 Å². The summed E-state index contributed by atoms with van der Waals surface area (Å²) < 4.78 is 0. The second-order valence-electron chi connectivity index (χ2n) is 5.80. The molecule has 1 saturated carbocycles. The van der Waals surface area contributed by atoms with Gasteiger partial charge in [0.1, 0.15) is 5.54 Å². The molecule has 0 saturated heterocycles. The highest BCUT2D eigenvalue weighted by atomic mass is 16.4. The number of carboxylic acids is 1. The van der Waals surface area contributed by atoms with Gasteiger partial charge in [-0.25, -0.2) is 9.59 Å². The van der Waals surface area contributed by atoms with Crippen molar-refractivity contribution in [1.82, 2.24) is 10.6 Å². The number of carbonyl (C=O) groups excluding carboxylic acids is 1. The summed E-state index contributed by atoms with van der Waals surface area (Å²) in [5.74, 6) is -1.04. The highest BCUT2D eigenvalue weighted by molar-refractivity contribution is 5.85. The van der Waals surface area contributed by atoms with Gasteiger partial charge < -0.3 is 15.7 Å². The lowest BCUT2D eigenvalue weighted by Gasteiger charge is -2.29. The zero-order valence-corrected chi connectivity index (χ0v) is 11.5. The summed E-state index contributed by atoms with van der Waals surface area (Å²) in [6.45, 7) is 5.72. The van der Waals surface area contributed by atoms with E-state index >= 15 is 0 Å². The maximum Gasteiger partial charge on any atom is 0.328 e. The Morgan fingerprint density at radius 3 is 2.28 bits per heavy atom. The molecule has 0 aromatic rings. The van der Waals surface area contributed by atoms with E-state index in [0.29, 0.717) is 6.54 Å². The van der Waals surface area contributed by atoms with Crippen LogP contribution in [0.25, 0.3) is 0 Å². The predicted octanol–water partition coefficient (Wildman–Crippen LogP) is 2.12. The predicted molar refractivity (Wildman–Crippen MR) is 69.4 cm³/mol. The quantitative estimate of drug-likeness (QED) is 0.705. The number of aliphatic carboxylic acids is 1. The molecule has 0 bridgehead atoms. The van der Waals surface area contributed by atoms with Gasteiger partial charge in [-0.15, -0.1) is 0 Å². The van der Waals surface area contributed by atoms with Gasteiger partial charge in [0.05, 0.1) is 0 Å². The standard InChI is InChI=1S/C13H24N2O3/c1-4-13(7-5-6-8-13)9-14-11(18)15-12(2,3)10(16)17/h4-9H2,1-3H3,(H,16,17)(H2,14,15,18). The van der Waals surface area contributed by atoms with Crippen LogP contribution >= 0.6 is 0 Å². The highest BCUT2D eigenvalue weighted by Crippen LogP contribution is 2.40. The van der Waals surface area contributed by atoms with Crippen LogP contribution in [-0.2, 0) is 4.79 Å². The van der Waals surface area contributed by atoms with Crippen LogP contribution < -0.4 is 10.6 Å². The van der Waals surface area contributed by atoms with Gasteiger partial charge in [-0.2, -0.15) is 0 Å². The highest BCUT2D eigenvalue weighted by Gasteiger charge is 2.33. The average Bonchev–Trinajstić information content (AvgIpc) is 2.75. The topological polar surface area (TPSA) is 78.4 Å². The first-order valence-electron chi connectivity index (χ1n) is 6.61. The summed E-state index contributed by atoms with van der Waals surface area (Å²) in [6.07, 6.45) is 5.78. The smallest absolute Gasteiger partial charge is 0.328 e. The van der Waals surface area contributed by atoms with Crippen LogP contribution in [0.4, 0.5) is 4.79 Å². The number of hydrogen-bond acceptors (Lipinski definition) is 2. The Balaban J connectivity index is 2.44. The van der Waals surface area contributed by atoms with Crippen molar-refractivity contribution in [3.05, 3.63) is 0 Å². The second-order valence-corrected chi connectivity index (χ2v) is 5.80. The van der Waals surface area contributed by atoms with Crippen molar-refractivity contribution >= 4 is 12.0 Å². The van der Waals surface area contributed by atoms with Crippen molar-refractivity contribution in [2.75, 3.05) is 6.54 Å². The van der Waals surface area contributed by atoms with Crippen molar-refractivity contribution in [2.45, 2.75) is 58.4 Å². The fourth-order valence-corrected chi connectivity index (χ4v) is 2.43. The van der Waals surface area contributed by atoms with Gasteiger partial charge in [-0.1, -0.05) is 19.8 Å². The zero-order valence-electron chi connectivity index (χ0n) is 11.5. The van der Waals surface area contributed by atoms with Gasteiger partial charge in [0.2, 0.25) is 0 Å². The largest absolute Gasteiger partial charge is 0.480 e. The summed E-state index contributed by atoms with van der Waals surface area (Å²) in [5, 5.41) is 14.2. The lowest BCUT2D eigenvalue weighted by atomic mass is 9.83. The van der Waals surface area contributed by atoms with Gasteiger partial charge in [-0.3, -0.25) is 0 Å². The molecular weight excluding hydrogens is 232 g/mol. The van der Waals surface area contributed by atoms with Crippen molar-refractivity contribution in [3.8, 4) is 0 Å². The average molecular weight is 256 g/mol. The minimum atomic E-state index is -1.24. The van der Waals surface area contributed by atoms with Crippen LogP contribution in [0, 0.1) is 5.41 Å². The van der Waals surface area contributed by atoms with Crippen LogP contribution in [0.15, 0.2) is 0 Å². The summed E-state index contributed by atoms with van der Waals surface area (Å²) in [5.41, 5.74) is -1.02. The molecule has 1 fully saturated rings. The molecule has 1 aliphatic rings. The Kier molecular flexibility index (Phi) is 4.59. The van der Waals surface area contributed by atoms with Crippen LogP contribution in [-0.4, -0.2) is 29.2 Å².